The lowest BCUT2D eigenvalue weighted by molar-refractivity contribution is 0.102. The lowest BCUT2D eigenvalue weighted by Crippen LogP contribution is -2.27. The molecule has 0 atom stereocenters. The van der Waals surface area contributed by atoms with Crippen LogP contribution in [0.2, 0.25) is 5.02 Å². The number of hydrogen-bond acceptors (Lipinski definition) is 4. The molecule has 3 rings (SSSR count). The summed E-state index contributed by atoms with van der Waals surface area (Å²) in [5.41, 5.74) is 2.34. The number of hydrogen-bond donors (Lipinski definition) is 2. The molecule has 6 heteroatoms. The van der Waals surface area contributed by atoms with E-state index in [-0.39, 0.29) is 16.3 Å². The van der Waals surface area contributed by atoms with E-state index in [2.05, 4.69) is 24.1 Å². The Morgan fingerprint density at radius 3 is 2.45 bits per heavy atom. The first-order valence-corrected chi connectivity index (χ1v) is 10.7. The smallest absolute Gasteiger partial charge is 0.259 e. The first kappa shape index (κ1) is 22.7. The lowest BCUT2D eigenvalue weighted by atomic mass is 10.0. The Morgan fingerprint density at radius 1 is 1.00 bits per heavy atom. The molecule has 0 aliphatic rings. The second kappa shape index (κ2) is 10.8. The summed E-state index contributed by atoms with van der Waals surface area (Å²) in [5, 5.41) is 13.3. The zero-order valence-electron chi connectivity index (χ0n) is 17.8. The van der Waals surface area contributed by atoms with Gasteiger partial charge in [0, 0.05) is 18.3 Å². The molecule has 0 aliphatic heterocycles. The summed E-state index contributed by atoms with van der Waals surface area (Å²) >= 11 is 6.19. The third-order valence-corrected chi connectivity index (χ3v) is 5.37. The van der Waals surface area contributed by atoms with Gasteiger partial charge < -0.3 is 20.1 Å². The number of nitrogens with one attached hydrogen (secondary N) is 1. The lowest BCUT2D eigenvalue weighted by Gasteiger charge is -2.18. The van der Waals surface area contributed by atoms with Crippen LogP contribution in [0.25, 0.3) is 11.1 Å². The number of aromatic hydroxyl groups is 1. The normalized spacial score (nSPS) is 10.8. The molecular weight excluding hydrogens is 412 g/mol. The molecule has 0 spiro atoms. The molecule has 162 valence electrons. The number of likely N-dealkylation sites (N-methyl/N-ethyl adjacent to an activating group) is 1. The highest BCUT2D eigenvalue weighted by atomic mass is 35.5. The number of anilines is 1. The van der Waals surface area contributed by atoms with Crippen LogP contribution in [0.5, 0.6) is 11.5 Å². The van der Waals surface area contributed by atoms with E-state index in [1.54, 1.807) is 24.3 Å². The Morgan fingerprint density at radius 2 is 1.74 bits per heavy atom. The van der Waals surface area contributed by atoms with Crippen LogP contribution in [-0.2, 0) is 0 Å². The summed E-state index contributed by atoms with van der Waals surface area (Å²) in [6, 6.07) is 20.0. The van der Waals surface area contributed by atoms with Gasteiger partial charge in [-0.05, 0) is 48.5 Å². The molecule has 2 N–H and O–H groups in total. The van der Waals surface area contributed by atoms with Crippen LogP contribution in [0.1, 0.15) is 24.2 Å². The van der Waals surface area contributed by atoms with Gasteiger partial charge in [-0.25, -0.2) is 0 Å². The third-order valence-electron chi connectivity index (χ3n) is 5.08. The Labute approximate surface area is 188 Å². The van der Waals surface area contributed by atoms with Gasteiger partial charge in [0.05, 0.1) is 10.6 Å². The van der Waals surface area contributed by atoms with E-state index >= 15 is 0 Å². The van der Waals surface area contributed by atoms with Crippen molar-refractivity contribution in [3.8, 4) is 22.6 Å². The van der Waals surface area contributed by atoms with Gasteiger partial charge >= 0.3 is 0 Å². The van der Waals surface area contributed by atoms with E-state index in [1.165, 1.54) is 0 Å². The fourth-order valence-electron chi connectivity index (χ4n) is 3.26. The van der Waals surface area contributed by atoms with Crippen molar-refractivity contribution >= 4 is 23.2 Å². The Kier molecular flexibility index (Phi) is 7.93. The van der Waals surface area contributed by atoms with E-state index < -0.39 is 5.91 Å². The van der Waals surface area contributed by atoms with E-state index in [0.29, 0.717) is 18.0 Å². The number of phenols is 1. The van der Waals surface area contributed by atoms with Crippen LogP contribution < -0.4 is 10.1 Å². The van der Waals surface area contributed by atoms with Crippen molar-refractivity contribution in [2.75, 3.05) is 31.6 Å². The molecule has 31 heavy (non-hydrogen) atoms. The zero-order valence-corrected chi connectivity index (χ0v) is 18.5. The van der Waals surface area contributed by atoms with Crippen molar-refractivity contribution in [3.05, 3.63) is 77.3 Å². The highest BCUT2D eigenvalue weighted by molar-refractivity contribution is 6.33. The first-order valence-electron chi connectivity index (χ1n) is 10.4. The highest BCUT2D eigenvalue weighted by Crippen LogP contribution is 2.34. The number of carbonyl (C=O) groups excluding carboxylic acids is 1. The number of carbonyl (C=O) groups is 1. The first-order chi connectivity index (χ1) is 15.0. The number of phenolic OH excluding ortho intramolecular Hbond substituents is 1. The van der Waals surface area contributed by atoms with Crippen molar-refractivity contribution in [1.29, 1.82) is 0 Å². The molecular formula is C25H27ClN2O3. The van der Waals surface area contributed by atoms with E-state index in [0.717, 1.165) is 30.8 Å². The molecule has 0 heterocycles. The molecule has 0 radical (unpaired) electrons. The van der Waals surface area contributed by atoms with Crippen LogP contribution in [-0.4, -0.2) is 42.2 Å². The Bertz CT molecular complexity index is 1020. The predicted molar refractivity (Wildman–Crippen MR) is 126 cm³/mol. The summed E-state index contributed by atoms with van der Waals surface area (Å²) < 4.78 is 5.82. The number of nitrogens with zero attached hydrogens (tertiary/aromatic N) is 1. The summed E-state index contributed by atoms with van der Waals surface area (Å²) in [5.74, 6) is -0.0202. The van der Waals surface area contributed by atoms with E-state index in [4.69, 9.17) is 16.3 Å². The van der Waals surface area contributed by atoms with Crippen molar-refractivity contribution in [2.24, 2.45) is 0 Å². The number of ether oxygens (including phenoxy) is 1. The van der Waals surface area contributed by atoms with Gasteiger partial charge in [-0.2, -0.15) is 0 Å². The standard InChI is InChI=1S/C25H27ClN2O3/c1-3-28(4-2)13-14-31-21-12-8-11-20(17-21)27-25(30)22-15-19(16-23(26)24(22)29)18-9-6-5-7-10-18/h5-12,15-17,29H,3-4,13-14H2,1-2H3,(H,27,30). The van der Waals surface area contributed by atoms with Crippen molar-refractivity contribution in [2.45, 2.75) is 13.8 Å². The average molecular weight is 439 g/mol. The van der Waals surface area contributed by atoms with Gasteiger partial charge in [0.1, 0.15) is 18.1 Å². The van der Waals surface area contributed by atoms with Crippen molar-refractivity contribution in [1.82, 2.24) is 4.90 Å². The second-order valence-electron chi connectivity index (χ2n) is 7.08. The summed E-state index contributed by atoms with van der Waals surface area (Å²) in [6.45, 7) is 7.59. The van der Waals surface area contributed by atoms with Gasteiger partial charge in [-0.3, -0.25) is 4.79 Å². The summed E-state index contributed by atoms with van der Waals surface area (Å²) in [4.78, 5) is 15.2. The maximum absolute atomic E-state index is 12.9. The summed E-state index contributed by atoms with van der Waals surface area (Å²) in [7, 11) is 0. The molecule has 0 saturated heterocycles. The van der Waals surface area contributed by atoms with Crippen LogP contribution in [0, 0.1) is 0 Å². The van der Waals surface area contributed by atoms with Crippen molar-refractivity contribution < 1.29 is 14.6 Å². The molecule has 5 nitrogen and oxygen atoms in total. The minimum atomic E-state index is -0.447. The monoisotopic (exact) mass is 438 g/mol. The number of rotatable bonds is 9. The number of halogens is 1. The van der Waals surface area contributed by atoms with Gasteiger partial charge in [0.25, 0.3) is 5.91 Å². The zero-order chi connectivity index (χ0) is 22.2. The van der Waals surface area contributed by atoms with Gasteiger partial charge in [-0.15, -0.1) is 0 Å². The van der Waals surface area contributed by atoms with Crippen LogP contribution in [0.3, 0.4) is 0 Å². The highest BCUT2D eigenvalue weighted by Gasteiger charge is 2.17. The minimum Gasteiger partial charge on any atom is -0.506 e. The summed E-state index contributed by atoms with van der Waals surface area (Å²) in [6.07, 6.45) is 0. The van der Waals surface area contributed by atoms with E-state index in [9.17, 15) is 9.90 Å². The van der Waals surface area contributed by atoms with Gasteiger partial charge in [0.15, 0.2) is 0 Å². The van der Waals surface area contributed by atoms with Gasteiger partial charge in [-0.1, -0.05) is 61.8 Å². The topological polar surface area (TPSA) is 61.8 Å². The third kappa shape index (κ3) is 6.00. The Hall–Kier alpha value is -3.02. The molecule has 0 aliphatic carbocycles. The minimum absolute atomic E-state index is 0.110. The number of amides is 1. The molecule has 0 aromatic heterocycles. The quantitative estimate of drug-likeness (QED) is 0.450. The second-order valence-corrected chi connectivity index (χ2v) is 7.48. The molecule has 3 aromatic rings. The fraction of sp³-hybridized carbons (Fsp3) is 0.240. The van der Waals surface area contributed by atoms with Gasteiger partial charge in [0.2, 0.25) is 0 Å². The maximum Gasteiger partial charge on any atom is 0.259 e. The number of benzene rings is 3. The molecule has 0 fully saturated rings. The maximum atomic E-state index is 12.9. The molecule has 3 aromatic carbocycles. The molecule has 1 amide bonds. The van der Waals surface area contributed by atoms with Crippen LogP contribution in [0.15, 0.2) is 66.7 Å². The predicted octanol–water partition coefficient (Wildman–Crippen LogP) is 5.69. The van der Waals surface area contributed by atoms with Crippen LogP contribution in [0.4, 0.5) is 5.69 Å². The SMILES string of the molecule is CCN(CC)CCOc1cccc(NC(=O)c2cc(-c3ccccc3)cc(Cl)c2O)c1. The van der Waals surface area contributed by atoms with E-state index in [1.807, 2.05) is 42.5 Å². The fourth-order valence-corrected chi connectivity index (χ4v) is 3.48. The molecule has 0 bridgehead atoms. The van der Waals surface area contributed by atoms with Crippen molar-refractivity contribution in [3.63, 3.8) is 0 Å². The average Bonchev–Trinajstić information content (AvgIpc) is 2.79. The molecule has 0 unspecified atom stereocenters. The molecule has 0 saturated carbocycles. The largest absolute Gasteiger partial charge is 0.506 e. The van der Waals surface area contributed by atoms with Crippen LogP contribution >= 0.6 is 11.6 Å². The Balaban J connectivity index is 1.74.